The zero-order valence-corrected chi connectivity index (χ0v) is 10.6. The van der Waals surface area contributed by atoms with E-state index < -0.39 is 0 Å². The van der Waals surface area contributed by atoms with Crippen molar-refractivity contribution in [2.45, 2.75) is 82.2 Å². The number of rotatable bonds is 1. The van der Waals surface area contributed by atoms with E-state index >= 15 is 0 Å². The summed E-state index contributed by atoms with van der Waals surface area (Å²) < 4.78 is 0. The van der Waals surface area contributed by atoms with Crippen LogP contribution in [0, 0.1) is 5.92 Å². The Kier molecular flexibility index (Phi) is 4.26. The summed E-state index contributed by atoms with van der Waals surface area (Å²) in [5.41, 5.74) is 13.1. The van der Waals surface area contributed by atoms with Crippen LogP contribution < -0.4 is 11.5 Å². The highest BCUT2D eigenvalue weighted by Gasteiger charge is 2.40. The van der Waals surface area contributed by atoms with Crippen molar-refractivity contribution in [3.05, 3.63) is 0 Å². The van der Waals surface area contributed by atoms with E-state index in [0.717, 1.165) is 6.42 Å². The zero-order valence-electron chi connectivity index (χ0n) is 10.6. The largest absolute Gasteiger partial charge is 0.326 e. The van der Waals surface area contributed by atoms with Crippen molar-refractivity contribution in [2.75, 3.05) is 0 Å². The molecule has 2 nitrogen and oxygen atoms in total. The van der Waals surface area contributed by atoms with E-state index in [1.165, 1.54) is 64.2 Å². The standard InChI is InChI=1S/C14H28N2/c15-13-10-6-3-7-11-14(13,16)12-8-4-1-2-5-9-12/h12-13H,1-11,15-16H2. The van der Waals surface area contributed by atoms with Gasteiger partial charge in [-0.2, -0.15) is 0 Å². The third kappa shape index (κ3) is 2.60. The summed E-state index contributed by atoms with van der Waals surface area (Å²) in [6, 6.07) is 0.248. The average Bonchev–Trinajstić information content (AvgIpc) is 2.63. The maximum Gasteiger partial charge on any atom is 0.0336 e. The van der Waals surface area contributed by atoms with Gasteiger partial charge in [-0.15, -0.1) is 0 Å². The summed E-state index contributed by atoms with van der Waals surface area (Å²) in [5, 5.41) is 0. The third-order valence-electron chi connectivity index (χ3n) is 4.93. The molecule has 0 aromatic rings. The van der Waals surface area contributed by atoms with Gasteiger partial charge in [0.15, 0.2) is 0 Å². The van der Waals surface area contributed by atoms with Gasteiger partial charge in [-0.3, -0.25) is 0 Å². The molecule has 2 aliphatic rings. The van der Waals surface area contributed by atoms with Crippen LogP contribution in [0.2, 0.25) is 0 Å². The zero-order chi connectivity index (χ0) is 11.4. The maximum atomic E-state index is 6.72. The van der Waals surface area contributed by atoms with Crippen molar-refractivity contribution >= 4 is 0 Å². The van der Waals surface area contributed by atoms with Gasteiger partial charge in [0.05, 0.1) is 0 Å². The molecule has 0 radical (unpaired) electrons. The topological polar surface area (TPSA) is 52.0 Å². The Labute approximate surface area is 100 Å². The molecule has 2 fully saturated rings. The van der Waals surface area contributed by atoms with Crippen LogP contribution in [0.1, 0.15) is 70.6 Å². The lowest BCUT2D eigenvalue weighted by Gasteiger charge is -2.41. The SMILES string of the molecule is NC1CCCCCC1(N)C1CCCCCC1. The first-order chi connectivity index (χ1) is 7.73. The number of nitrogens with two attached hydrogens (primary N) is 2. The van der Waals surface area contributed by atoms with Crippen molar-refractivity contribution < 1.29 is 0 Å². The predicted octanol–water partition coefficient (Wildman–Crippen LogP) is 2.95. The van der Waals surface area contributed by atoms with Crippen LogP contribution in [-0.4, -0.2) is 11.6 Å². The van der Waals surface area contributed by atoms with Gasteiger partial charge in [0, 0.05) is 11.6 Å². The second-order valence-electron chi connectivity index (χ2n) is 6.01. The van der Waals surface area contributed by atoms with Crippen LogP contribution in [0.4, 0.5) is 0 Å². The summed E-state index contributed by atoms with van der Waals surface area (Å²) in [6.07, 6.45) is 14.4. The Morgan fingerprint density at radius 3 is 2.00 bits per heavy atom. The maximum absolute atomic E-state index is 6.72. The molecule has 16 heavy (non-hydrogen) atoms. The van der Waals surface area contributed by atoms with Crippen molar-refractivity contribution in [1.82, 2.24) is 0 Å². The molecule has 0 saturated heterocycles. The molecule has 0 bridgehead atoms. The summed E-state index contributed by atoms with van der Waals surface area (Å²) in [7, 11) is 0. The molecule has 2 heteroatoms. The molecule has 2 rings (SSSR count). The van der Waals surface area contributed by atoms with Gasteiger partial charge in [0.2, 0.25) is 0 Å². The second kappa shape index (κ2) is 5.50. The summed E-state index contributed by atoms with van der Waals surface area (Å²) in [6.45, 7) is 0. The lowest BCUT2D eigenvalue weighted by molar-refractivity contribution is 0.189. The summed E-state index contributed by atoms with van der Waals surface area (Å²) in [4.78, 5) is 0. The van der Waals surface area contributed by atoms with Crippen LogP contribution in [0.25, 0.3) is 0 Å². The molecule has 0 aromatic carbocycles. The van der Waals surface area contributed by atoms with E-state index in [9.17, 15) is 0 Å². The van der Waals surface area contributed by atoms with Gasteiger partial charge >= 0.3 is 0 Å². The average molecular weight is 224 g/mol. The molecule has 0 aromatic heterocycles. The fourth-order valence-electron chi connectivity index (χ4n) is 3.75. The van der Waals surface area contributed by atoms with Gasteiger partial charge in [0.25, 0.3) is 0 Å². The number of hydrogen-bond donors (Lipinski definition) is 2. The highest BCUT2D eigenvalue weighted by molar-refractivity contribution is 5.01. The molecule has 2 aliphatic carbocycles. The summed E-state index contributed by atoms with van der Waals surface area (Å²) >= 11 is 0. The van der Waals surface area contributed by atoms with Gasteiger partial charge in [0.1, 0.15) is 0 Å². The van der Waals surface area contributed by atoms with Crippen LogP contribution in [0.15, 0.2) is 0 Å². The normalized spacial score (nSPS) is 39.0. The molecule has 0 amide bonds. The first-order valence-corrected chi connectivity index (χ1v) is 7.28. The molecule has 2 saturated carbocycles. The number of hydrogen-bond acceptors (Lipinski definition) is 2. The van der Waals surface area contributed by atoms with E-state index in [2.05, 4.69) is 0 Å². The molecule has 0 heterocycles. The highest BCUT2D eigenvalue weighted by atomic mass is 14.9. The lowest BCUT2D eigenvalue weighted by Crippen LogP contribution is -2.59. The Morgan fingerprint density at radius 1 is 0.750 bits per heavy atom. The molecule has 2 atom stereocenters. The first kappa shape index (κ1) is 12.4. The fraction of sp³-hybridized carbons (Fsp3) is 1.00. The smallest absolute Gasteiger partial charge is 0.0336 e. The van der Waals surface area contributed by atoms with Crippen LogP contribution >= 0.6 is 0 Å². The monoisotopic (exact) mass is 224 g/mol. The van der Waals surface area contributed by atoms with E-state index in [1.54, 1.807) is 0 Å². The van der Waals surface area contributed by atoms with Gasteiger partial charge < -0.3 is 11.5 Å². The van der Waals surface area contributed by atoms with Crippen LogP contribution in [0.3, 0.4) is 0 Å². The quantitative estimate of drug-likeness (QED) is 0.673. The van der Waals surface area contributed by atoms with Gasteiger partial charge in [-0.1, -0.05) is 44.9 Å². The molecular weight excluding hydrogens is 196 g/mol. The van der Waals surface area contributed by atoms with Gasteiger partial charge in [-0.05, 0) is 31.6 Å². The fourth-order valence-corrected chi connectivity index (χ4v) is 3.75. The highest BCUT2D eigenvalue weighted by Crippen LogP contribution is 2.37. The summed E-state index contributed by atoms with van der Waals surface area (Å²) in [5.74, 6) is 0.697. The van der Waals surface area contributed by atoms with E-state index in [0.29, 0.717) is 5.92 Å². The van der Waals surface area contributed by atoms with Crippen molar-refractivity contribution in [1.29, 1.82) is 0 Å². The van der Waals surface area contributed by atoms with E-state index in [4.69, 9.17) is 11.5 Å². The third-order valence-corrected chi connectivity index (χ3v) is 4.93. The molecule has 0 aliphatic heterocycles. The first-order valence-electron chi connectivity index (χ1n) is 7.28. The molecular formula is C14H28N2. The minimum atomic E-state index is -0.0408. The minimum absolute atomic E-state index is 0.0408. The predicted molar refractivity (Wildman–Crippen MR) is 69.2 cm³/mol. The minimum Gasteiger partial charge on any atom is -0.326 e. The Hall–Kier alpha value is -0.0800. The second-order valence-corrected chi connectivity index (χ2v) is 6.01. The molecule has 94 valence electrons. The Balaban J connectivity index is 2.06. The Bertz CT molecular complexity index is 209. The van der Waals surface area contributed by atoms with Crippen LogP contribution in [0.5, 0.6) is 0 Å². The van der Waals surface area contributed by atoms with Gasteiger partial charge in [-0.25, -0.2) is 0 Å². The van der Waals surface area contributed by atoms with Crippen molar-refractivity contribution in [2.24, 2.45) is 17.4 Å². The van der Waals surface area contributed by atoms with Crippen molar-refractivity contribution in [3.8, 4) is 0 Å². The van der Waals surface area contributed by atoms with E-state index in [1.807, 2.05) is 0 Å². The van der Waals surface area contributed by atoms with Crippen LogP contribution in [-0.2, 0) is 0 Å². The lowest BCUT2D eigenvalue weighted by atomic mass is 9.72. The Morgan fingerprint density at radius 2 is 1.31 bits per heavy atom. The molecule has 4 N–H and O–H groups in total. The van der Waals surface area contributed by atoms with E-state index in [-0.39, 0.29) is 11.6 Å². The molecule has 2 unspecified atom stereocenters. The van der Waals surface area contributed by atoms with Crippen molar-refractivity contribution in [3.63, 3.8) is 0 Å². The molecule has 0 spiro atoms.